The zero-order valence-corrected chi connectivity index (χ0v) is 12.4. The van der Waals surface area contributed by atoms with E-state index < -0.39 is 0 Å². The zero-order chi connectivity index (χ0) is 12.0. The fraction of sp³-hybridized carbons (Fsp3) is 0.364. The number of nitrogens with zero attached hydrogens (tertiary/aromatic N) is 1. The monoisotopic (exact) mass is 353 g/mol. The van der Waals surface area contributed by atoms with E-state index in [-0.39, 0.29) is 35.5 Å². The Kier molecular flexibility index (Phi) is 7.60. The van der Waals surface area contributed by atoms with E-state index in [2.05, 4.69) is 15.6 Å². The summed E-state index contributed by atoms with van der Waals surface area (Å²) in [5.41, 5.74) is 0.828. The zero-order valence-electron chi connectivity index (χ0n) is 10.1. The molecule has 0 aliphatic rings. The van der Waals surface area contributed by atoms with Crippen LogP contribution in [0.5, 0.6) is 5.75 Å². The molecule has 0 aliphatic carbocycles. The topological polar surface area (TPSA) is 45.7 Å². The average Bonchev–Trinajstić information content (AvgIpc) is 2.30. The number of methoxy groups -OCH3 is 1. The minimum Gasteiger partial charge on any atom is -0.494 e. The van der Waals surface area contributed by atoms with Crippen molar-refractivity contribution >= 4 is 29.9 Å². The highest BCUT2D eigenvalue weighted by atomic mass is 127. The van der Waals surface area contributed by atoms with Crippen molar-refractivity contribution in [2.75, 3.05) is 21.2 Å². The van der Waals surface area contributed by atoms with Gasteiger partial charge in [0.1, 0.15) is 0 Å². The van der Waals surface area contributed by atoms with Crippen LogP contribution in [0.3, 0.4) is 0 Å². The quantitative estimate of drug-likeness (QED) is 0.495. The van der Waals surface area contributed by atoms with Crippen LogP contribution >= 0.6 is 24.0 Å². The summed E-state index contributed by atoms with van der Waals surface area (Å²) in [4.78, 5) is 3.95. The summed E-state index contributed by atoms with van der Waals surface area (Å²) < 4.78 is 18.2. The number of benzene rings is 1. The fourth-order valence-electron chi connectivity index (χ4n) is 1.28. The van der Waals surface area contributed by atoms with Crippen LogP contribution in [0.15, 0.2) is 23.2 Å². The summed E-state index contributed by atoms with van der Waals surface area (Å²) >= 11 is 0. The van der Waals surface area contributed by atoms with E-state index in [1.807, 2.05) is 0 Å². The molecule has 0 unspecified atom stereocenters. The molecule has 0 amide bonds. The van der Waals surface area contributed by atoms with Gasteiger partial charge >= 0.3 is 0 Å². The molecule has 1 rings (SSSR count). The van der Waals surface area contributed by atoms with Crippen molar-refractivity contribution in [2.24, 2.45) is 4.99 Å². The Morgan fingerprint density at radius 2 is 2.18 bits per heavy atom. The van der Waals surface area contributed by atoms with Crippen LogP contribution < -0.4 is 15.4 Å². The van der Waals surface area contributed by atoms with E-state index in [1.165, 1.54) is 13.2 Å². The number of guanidine groups is 1. The van der Waals surface area contributed by atoms with E-state index in [4.69, 9.17) is 4.74 Å². The maximum Gasteiger partial charge on any atom is 0.190 e. The first-order valence-electron chi connectivity index (χ1n) is 4.92. The smallest absolute Gasteiger partial charge is 0.190 e. The van der Waals surface area contributed by atoms with Gasteiger partial charge in [0.05, 0.1) is 7.11 Å². The summed E-state index contributed by atoms with van der Waals surface area (Å²) in [5, 5.41) is 5.91. The molecule has 0 saturated heterocycles. The van der Waals surface area contributed by atoms with Crippen LogP contribution in [0.2, 0.25) is 0 Å². The second kappa shape index (κ2) is 8.10. The van der Waals surface area contributed by atoms with Crippen LogP contribution in [-0.4, -0.2) is 27.2 Å². The van der Waals surface area contributed by atoms with Crippen molar-refractivity contribution in [2.45, 2.75) is 6.54 Å². The molecule has 0 bridgehead atoms. The lowest BCUT2D eigenvalue weighted by Crippen LogP contribution is -2.34. The summed E-state index contributed by atoms with van der Waals surface area (Å²) in [6, 6.07) is 4.85. The Morgan fingerprint density at radius 1 is 1.47 bits per heavy atom. The molecule has 0 spiro atoms. The van der Waals surface area contributed by atoms with Crippen molar-refractivity contribution in [3.8, 4) is 5.75 Å². The number of aliphatic imine (C=N–C) groups is 1. The molecule has 0 aromatic heterocycles. The van der Waals surface area contributed by atoms with Crippen LogP contribution in [0.4, 0.5) is 4.39 Å². The summed E-state index contributed by atoms with van der Waals surface area (Å²) in [7, 11) is 4.89. The lowest BCUT2D eigenvalue weighted by atomic mass is 10.2. The Labute approximate surface area is 118 Å². The fourth-order valence-corrected chi connectivity index (χ4v) is 1.28. The highest BCUT2D eigenvalue weighted by molar-refractivity contribution is 14.0. The minimum absolute atomic E-state index is 0. The molecule has 0 fully saturated rings. The predicted molar refractivity (Wildman–Crippen MR) is 77.6 cm³/mol. The van der Waals surface area contributed by atoms with E-state index in [9.17, 15) is 4.39 Å². The molecule has 96 valence electrons. The first-order valence-corrected chi connectivity index (χ1v) is 4.92. The SMILES string of the molecule is CN=C(NC)NCc1ccc(OC)c(F)c1.I. The van der Waals surface area contributed by atoms with Gasteiger partial charge in [-0.2, -0.15) is 0 Å². The third kappa shape index (κ3) is 4.76. The number of hydrogen-bond donors (Lipinski definition) is 2. The number of nitrogens with one attached hydrogen (secondary N) is 2. The highest BCUT2D eigenvalue weighted by Gasteiger charge is 2.03. The van der Waals surface area contributed by atoms with Gasteiger partial charge in [-0.05, 0) is 17.7 Å². The molecule has 0 saturated carbocycles. The van der Waals surface area contributed by atoms with E-state index in [0.29, 0.717) is 12.5 Å². The van der Waals surface area contributed by atoms with Gasteiger partial charge in [-0.25, -0.2) is 4.39 Å². The van der Waals surface area contributed by atoms with Gasteiger partial charge in [-0.15, -0.1) is 24.0 Å². The second-order valence-electron chi connectivity index (χ2n) is 3.14. The molecule has 0 heterocycles. The van der Waals surface area contributed by atoms with Gasteiger partial charge in [0.25, 0.3) is 0 Å². The van der Waals surface area contributed by atoms with Crippen LogP contribution in [0.1, 0.15) is 5.56 Å². The third-order valence-corrected chi connectivity index (χ3v) is 2.14. The molecule has 0 radical (unpaired) electrons. The van der Waals surface area contributed by atoms with E-state index in [1.54, 1.807) is 26.2 Å². The lowest BCUT2D eigenvalue weighted by molar-refractivity contribution is 0.386. The Hall–Kier alpha value is -1.05. The number of ether oxygens (including phenoxy) is 1. The van der Waals surface area contributed by atoms with Crippen LogP contribution in [0.25, 0.3) is 0 Å². The molecular formula is C11H17FIN3O. The van der Waals surface area contributed by atoms with Gasteiger partial charge in [0.2, 0.25) is 0 Å². The number of rotatable bonds is 3. The van der Waals surface area contributed by atoms with Crippen molar-refractivity contribution in [1.29, 1.82) is 0 Å². The third-order valence-electron chi connectivity index (χ3n) is 2.14. The van der Waals surface area contributed by atoms with Gasteiger partial charge in [0.15, 0.2) is 17.5 Å². The van der Waals surface area contributed by atoms with Gasteiger partial charge in [0, 0.05) is 20.6 Å². The first kappa shape index (κ1) is 16.0. The predicted octanol–water partition coefficient (Wildman–Crippen LogP) is 1.75. The molecule has 2 N–H and O–H groups in total. The number of hydrogen-bond acceptors (Lipinski definition) is 2. The van der Waals surface area contributed by atoms with Gasteiger partial charge in [-0.3, -0.25) is 4.99 Å². The largest absolute Gasteiger partial charge is 0.494 e. The second-order valence-corrected chi connectivity index (χ2v) is 3.14. The molecule has 17 heavy (non-hydrogen) atoms. The molecule has 0 aliphatic heterocycles. The molecule has 1 aromatic rings. The minimum atomic E-state index is -0.360. The molecular weight excluding hydrogens is 336 g/mol. The standard InChI is InChI=1S/C11H16FN3O.HI/c1-13-11(14-2)15-7-8-4-5-10(16-3)9(12)6-8;/h4-6H,7H2,1-3H3,(H2,13,14,15);1H. The van der Waals surface area contributed by atoms with E-state index in [0.717, 1.165) is 5.56 Å². The van der Waals surface area contributed by atoms with Crippen molar-refractivity contribution in [3.05, 3.63) is 29.6 Å². The van der Waals surface area contributed by atoms with Gasteiger partial charge < -0.3 is 15.4 Å². The Bertz CT molecular complexity index is 385. The van der Waals surface area contributed by atoms with Crippen LogP contribution in [0, 0.1) is 5.82 Å². The number of halogens is 2. The van der Waals surface area contributed by atoms with Gasteiger partial charge in [-0.1, -0.05) is 6.07 Å². The van der Waals surface area contributed by atoms with E-state index >= 15 is 0 Å². The molecule has 4 nitrogen and oxygen atoms in total. The summed E-state index contributed by atoms with van der Waals surface area (Å²) in [6.07, 6.45) is 0. The maximum atomic E-state index is 13.3. The normalized spacial score (nSPS) is 10.5. The molecule has 0 atom stereocenters. The molecule has 1 aromatic carbocycles. The van der Waals surface area contributed by atoms with Crippen molar-refractivity contribution in [3.63, 3.8) is 0 Å². The van der Waals surface area contributed by atoms with Crippen molar-refractivity contribution < 1.29 is 9.13 Å². The van der Waals surface area contributed by atoms with Crippen molar-refractivity contribution in [1.82, 2.24) is 10.6 Å². The van der Waals surface area contributed by atoms with Crippen LogP contribution in [-0.2, 0) is 6.54 Å². The Balaban J connectivity index is 0.00000256. The lowest BCUT2D eigenvalue weighted by Gasteiger charge is -2.09. The summed E-state index contributed by atoms with van der Waals surface area (Å²) in [6.45, 7) is 0.508. The average molecular weight is 353 g/mol. The summed E-state index contributed by atoms with van der Waals surface area (Å²) in [5.74, 6) is 0.555. The first-order chi connectivity index (χ1) is 7.71. The Morgan fingerprint density at radius 3 is 2.65 bits per heavy atom. The molecule has 6 heteroatoms. The maximum absolute atomic E-state index is 13.3. The highest BCUT2D eigenvalue weighted by Crippen LogP contribution is 2.17.